The lowest BCUT2D eigenvalue weighted by Crippen LogP contribution is -2.39. The van der Waals surface area contributed by atoms with Crippen molar-refractivity contribution in [3.8, 4) is 0 Å². The molecule has 2 atom stereocenters. The Morgan fingerprint density at radius 3 is 2.21 bits per heavy atom. The van der Waals surface area contributed by atoms with Crippen LogP contribution in [0.4, 0.5) is 4.39 Å². The Bertz CT molecular complexity index is 1010. The molecule has 1 fully saturated rings. The van der Waals surface area contributed by atoms with E-state index in [9.17, 15) is 9.18 Å². The summed E-state index contributed by atoms with van der Waals surface area (Å²) in [6, 6.07) is 27.3. The SMILES string of the molecule is COCC(=O)N(Cc1ccccc1)CC1CN(Cc2ccccc2)CC1c1ccc(F)cc1. The molecule has 2 unspecified atom stereocenters. The van der Waals surface area contributed by atoms with Crippen LogP contribution in [-0.2, 0) is 22.6 Å². The van der Waals surface area contributed by atoms with E-state index in [2.05, 4.69) is 29.2 Å². The van der Waals surface area contributed by atoms with Gasteiger partial charge in [0.05, 0.1) is 0 Å². The molecule has 1 saturated heterocycles. The molecule has 3 aromatic rings. The standard InChI is InChI=1S/C28H31FN2O2/c1-33-21-28(32)31(17-23-10-6-3-7-11-23)19-25-18-30(16-22-8-4-2-5-9-22)20-27(25)24-12-14-26(29)15-13-24/h2-15,25,27H,16-21H2,1H3. The minimum atomic E-state index is -0.226. The summed E-state index contributed by atoms with van der Waals surface area (Å²) in [5.74, 6) is 0.225. The first-order valence-corrected chi connectivity index (χ1v) is 11.4. The van der Waals surface area contributed by atoms with Gasteiger partial charge < -0.3 is 9.64 Å². The summed E-state index contributed by atoms with van der Waals surface area (Å²) < 4.78 is 18.8. The molecule has 1 aliphatic heterocycles. The van der Waals surface area contributed by atoms with Gasteiger partial charge in [-0.05, 0) is 34.7 Å². The summed E-state index contributed by atoms with van der Waals surface area (Å²) in [5.41, 5.74) is 3.49. The van der Waals surface area contributed by atoms with Crippen LogP contribution in [0, 0.1) is 11.7 Å². The van der Waals surface area contributed by atoms with Gasteiger partial charge in [-0.3, -0.25) is 9.69 Å². The van der Waals surface area contributed by atoms with Crippen molar-refractivity contribution in [1.82, 2.24) is 9.80 Å². The molecule has 4 rings (SSSR count). The van der Waals surface area contributed by atoms with Gasteiger partial charge in [0.1, 0.15) is 12.4 Å². The van der Waals surface area contributed by atoms with E-state index < -0.39 is 0 Å². The van der Waals surface area contributed by atoms with Crippen LogP contribution in [0.15, 0.2) is 84.9 Å². The molecule has 0 N–H and O–H groups in total. The normalized spacial score (nSPS) is 18.4. The van der Waals surface area contributed by atoms with Crippen molar-refractivity contribution in [2.75, 3.05) is 33.4 Å². The zero-order valence-electron chi connectivity index (χ0n) is 19.1. The number of methoxy groups -OCH3 is 1. The van der Waals surface area contributed by atoms with Crippen molar-refractivity contribution in [1.29, 1.82) is 0 Å². The lowest BCUT2D eigenvalue weighted by molar-refractivity contribution is -0.136. The third kappa shape index (κ3) is 6.28. The molecule has 0 spiro atoms. The number of amides is 1. The monoisotopic (exact) mass is 446 g/mol. The van der Waals surface area contributed by atoms with E-state index in [0.29, 0.717) is 13.1 Å². The number of halogens is 1. The molecular formula is C28H31FN2O2. The van der Waals surface area contributed by atoms with Crippen molar-refractivity contribution < 1.29 is 13.9 Å². The fourth-order valence-electron chi connectivity index (χ4n) is 4.76. The lowest BCUT2D eigenvalue weighted by atomic mass is 9.88. The van der Waals surface area contributed by atoms with Crippen LogP contribution in [-0.4, -0.2) is 49.1 Å². The van der Waals surface area contributed by atoms with E-state index >= 15 is 0 Å². The molecule has 172 valence electrons. The molecule has 0 saturated carbocycles. The predicted octanol–water partition coefficient (Wildman–Crippen LogP) is 4.72. The first-order chi connectivity index (χ1) is 16.1. The van der Waals surface area contributed by atoms with Crippen molar-refractivity contribution in [3.05, 3.63) is 107 Å². The van der Waals surface area contributed by atoms with Crippen LogP contribution < -0.4 is 0 Å². The van der Waals surface area contributed by atoms with Crippen molar-refractivity contribution in [2.45, 2.75) is 19.0 Å². The fourth-order valence-corrected chi connectivity index (χ4v) is 4.76. The highest BCUT2D eigenvalue weighted by Crippen LogP contribution is 2.34. The van der Waals surface area contributed by atoms with Gasteiger partial charge in [0.2, 0.25) is 5.91 Å². The van der Waals surface area contributed by atoms with E-state index in [1.165, 1.54) is 17.7 Å². The molecule has 0 radical (unpaired) electrons. The third-order valence-electron chi connectivity index (χ3n) is 6.36. The zero-order chi connectivity index (χ0) is 23.0. The summed E-state index contributed by atoms with van der Waals surface area (Å²) in [6.45, 7) is 3.86. The Hall–Kier alpha value is -3.02. The molecule has 5 heteroatoms. The van der Waals surface area contributed by atoms with Crippen LogP contribution in [0.5, 0.6) is 0 Å². The molecule has 1 aliphatic rings. The van der Waals surface area contributed by atoms with Gasteiger partial charge in [-0.1, -0.05) is 72.8 Å². The fraction of sp³-hybridized carbons (Fsp3) is 0.321. The second kappa shape index (κ2) is 11.2. The second-order valence-corrected chi connectivity index (χ2v) is 8.79. The molecule has 3 aromatic carbocycles. The average Bonchev–Trinajstić information content (AvgIpc) is 3.22. The van der Waals surface area contributed by atoms with Crippen LogP contribution >= 0.6 is 0 Å². The maximum atomic E-state index is 13.6. The van der Waals surface area contributed by atoms with E-state index in [-0.39, 0.29) is 30.2 Å². The minimum Gasteiger partial charge on any atom is -0.375 e. The Morgan fingerprint density at radius 1 is 0.939 bits per heavy atom. The van der Waals surface area contributed by atoms with Gasteiger partial charge in [0.25, 0.3) is 0 Å². The molecule has 4 nitrogen and oxygen atoms in total. The van der Waals surface area contributed by atoms with Gasteiger partial charge >= 0.3 is 0 Å². The third-order valence-corrected chi connectivity index (χ3v) is 6.36. The minimum absolute atomic E-state index is 0.0132. The molecule has 33 heavy (non-hydrogen) atoms. The van der Waals surface area contributed by atoms with Crippen LogP contribution in [0.3, 0.4) is 0 Å². The summed E-state index contributed by atoms with van der Waals surface area (Å²) in [5, 5.41) is 0. The van der Waals surface area contributed by atoms with E-state index in [1.54, 1.807) is 7.11 Å². The molecule has 0 aromatic heterocycles. The number of ether oxygens (including phenoxy) is 1. The lowest BCUT2D eigenvalue weighted by Gasteiger charge is -2.28. The Morgan fingerprint density at radius 2 is 1.58 bits per heavy atom. The number of likely N-dealkylation sites (tertiary alicyclic amines) is 1. The highest BCUT2D eigenvalue weighted by molar-refractivity contribution is 5.77. The van der Waals surface area contributed by atoms with Crippen LogP contribution in [0.1, 0.15) is 22.6 Å². The average molecular weight is 447 g/mol. The number of carbonyl (C=O) groups excluding carboxylic acids is 1. The van der Waals surface area contributed by atoms with E-state index in [4.69, 9.17) is 4.74 Å². The van der Waals surface area contributed by atoms with Gasteiger partial charge in [0.15, 0.2) is 0 Å². The van der Waals surface area contributed by atoms with Crippen molar-refractivity contribution in [2.24, 2.45) is 5.92 Å². The van der Waals surface area contributed by atoms with Gasteiger partial charge in [0, 0.05) is 45.8 Å². The molecule has 0 bridgehead atoms. The number of hydrogen-bond acceptors (Lipinski definition) is 3. The quantitative estimate of drug-likeness (QED) is 0.477. The maximum absolute atomic E-state index is 13.6. The van der Waals surface area contributed by atoms with E-state index in [1.807, 2.05) is 53.4 Å². The van der Waals surface area contributed by atoms with Crippen LogP contribution in [0.25, 0.3) is 0 Å². The Labute approximate surface area is 195 Å². The topological polar surface area (TPSA) is 32.8 Å². The van der Waals surface area contributed by atoms with Crippen molar-refractivity contribution >= 4 is 5.91 Å². The largest absolute Gasteiger partial charge is 0.375 e. The van der Waals surface area contributed by atoms with Gasteiger partial charge in [-0.25, -0.2) is 4.39 Å². The number of carbonyl (C=O) groups is 1. The molecule has 1 heterocycles. The zero-order valence-corrected chi connectivity index (χ0v) is 19.1. The van der Waals surface area contributed by atoms with Crippen molar-refractivity contribution in [3.63, 3.8) is 0 Å². The highest BCUT2D eigenvalue weighted by atomic mass is 19.1. The second-order valence-electron chi connectivity index (χ2n) is 8.79. The first-order valence-electron chi connectivity index (χ1n) is 11.4. The molecular weight excluding hydrogens is 415 g/mol. The van der Waals surface area contributed by atoms with Gasteiger partial charge in [-0.2, -0.15) is 0 Å². The Balaban J connectivity index is 1.55. The summed E-state index contributed by atoms with van der Waals surface area (Å²) in [4.78, 5) is 17.3. The molecule has 1 amide bonds. The highest BCUT2D eigenvalue weighted by Gasteiger charge is 2.35. The predicted molar refractivity (Wildman–Crippen MR) is 128 cm³/mol. The summed E-state index contributed by atoms with van der Waals surface area (Å²) >= 11 is 0. The van der Waals surface area contributed by atoms with Crippen LogP contribution in [0.2, 0.25) is 0 Å². The van der Waals surface area contributed by atoms with Gasteiger partial charge in [-0.15, -0.1) is 0 Å². The van der Waals surface area contributed by atoms with E-state index in [0.717, 1.165) is 30.8 Å². The molecule has 0 aliphatic carbocycles. The number of benzene rings is 3. The maximum Gasteiger partial charge on any atom is 0.248 e. The number of nitrogens with zero attached hydrogens (tertiary/aromatic N) is 2. The Kier molecular flexibility index (Phi) is 7.87. The number of hydrogen-bond donors (Lipinski definition) is 0. The summed E-state index contributed by atoms with van der Waals surface area (Å²) in [7, 11) is 1.55. The smallest absolute Gasteiger partial charge is 0.248 e. The summed E-state index contributed by atoms with van der Waals surface area (Å²) in [6.07, 6.45) is 0. The first kappa shape index (κ1) is 23.1. The number of rotatable bonds is 9.